The van der Waals surface area contributed by atoms with Gasteiger partial charge < -0.3 is 4.42 Å². The first-order chi connectivity index (χ1) is 15.5. The molecule has 1 atom stereocenters. The molecule has 1 aliphatic heterocycles. The number of benzene rings is 3. The van der Waals surface area contributed by atoms with E-state index in [-0.39, 0.29) is 17.1 Å². The van der Waals surface area contributed by atoms with E-state index in [0.29, 0.717) is 26.7 Å². The third-order valence-corrected chi connectivity index (χ3v) is 6.97. The molecule has 32 heavy (non-hydrogen) atoms. The van der Waals surface area contributed by atoms with Gasteiger partial charge in [0, 0.05) is 5.02 Å². The molecule has 0 unspecified atom stereocenters. The Hall–Kier alpha value is -3.48. The molecule has 5 nitrogen and oxygen atoms in total. The molecule has 2 aromatic heterocycles. The lowest BCUT2D eigenvalue weighted by Gasteiger charge is -2.22. The summed E-state index contributed by atoms with van der Waals surface area (Å²) in [5.74, 6) is -0.317. The Morgan fingerprint density at radius 3 is 2.62 bits per heavy atom. The zero-order valence-corrected chi connectivity index (χ0v) is 18.4. The highest BCUT2D eigenvalue weighted by Crippen LogP contribution is 2.43. The van der Waals surface area contributed by atoms with Crippen LogP contribution in [0.15, 0.2) is 75.9 Å². The number of hydrogen-bond donors (Lipinski definition) is 0. The van der Waals surface area contributed by atoms with Crippen LogP contribution in [0.3, 0.4) is 0 Å². The summed E-state index contributed by atoms with van der Waals surface area (Å²) >= 11 is 7.53. The SMILES string of the molecule is Cc1ccc2nc(N3C(=O)c4oc5ccccc5c(=O)c4[C@@H]3c3ccc(Cl)cc3)sc2c1. The fraction of sp³-hybridized carbons (Fsp3) is 0.0800. The summed E-state index contributed by atoms with van der Waals surface area (Å²) in [6.07, 6.45) is 0. The molecule has 6 rings (SSSR count). The van der Waals surface area contributed by atoms with Crippen LogP contribution in [0.5, 0.6) is 0 Å². The molecule has 0 bridgehead atoms. The van der Waals surface area contributed by atoms with Crippen molar-refractivity contribution >= 4 is 55.2 Å². The van der Waals surface area contributed by atoms with E-state index >= 15 is 0 Å². The minimum atomic E-state index is -0.655. The normalized spacial score (nSPS) is 15.6. The molecular formula is C25H15ClN2O3S. The average Bonchev–Trinajstić information content (AvgIpc) is 3.33. The van der Waals surface area contributed by atoms with Gasteiger partial charge in [-0.15, -0.1) is 0 Å². The van der Waals surface area contributed by atoms with E-state index in [9.17, 15) is 9.59 Å². The fourth-order valence-electron chi connectivity index (χ4n) is 4.20. The van der Waals surface area contributed by atoms with Crippen LogP contribution in [-0.4, -0.2) is 10.9 Å². The second kappa shape index (κ2) is 7.02. The number of fused-ring (bicyclic) bond motifs is 3. The van der Waals surface area contributed by atoms with Gasteiger partial charge in [0.15, 0.2) is 10.6 Å². The van der Waals surface area contributed by atoms with Crippen molar-refractivity contribution < 1.29 is 9.21 Å². The Bertz CT molecular complexity index is 1600. The van der Waals surface area contributed by atoms with Crippen LogP contribution in [-0.2, 0) is 0 Å². The minimum Gasteiger partial charge on any atom is -0.450 e. The number of para-hydroxylation sites is 1. The van der Waals surface area contributed by atoms with Crippen LogP contribution in [0.1, 0.15) is 33.3 Å². The topological polar surface area (TPSA) is 63.4 Å². The Balaban J connectivity index is 1.64. The van der Waals surface area contributed by atoms with E-state index in [2.05, 4.69) is 0 Å². The maximum absolute atomic E-state index is 13.6. The highest BCUT2D eigenvalue weighted by molar-refractivity contribution is 7.22. The molecule has 0 saturated heterocycles. The number of aromatic nitrogens is 1. The van der Waals surface area contributed by atoms with Crippen LogP contribution >= 0.6 is 22.9 Å². The number of carbonyl (C=O) groups is 1. The molecule has 1 aliphatic rings. The van der Waals surface area contributed by atoms with Crippen LogP contribution in [0.2, 0.25) is 5.02 Å². The van der Waals surface area contributed by atoms with Crippen molar-refractivity contribution in [1.82, 2.24) is 4.98 Å². The van der Waals surface area contributed by atoms with E-state index < -0.39 is 6.04 Å². The van der Waals surface area contributed by atoms with Crippen molar-refractivity contribution in [2.24, 2.45) is 0 Å². The maximum atomic E-state index is 13.6. The van der Waals surface area contributed by atoms with E-state index in [1.54, 1.807) is 41.3 Å². The number of rotatable bonds is 2. The second-order valence-electron chi connectivity index (χ2n) is 7.77. The number of amides is 1. The Labute approximate surface area is 191 Å². The number of nitrogens with zero attached hydrogens (tertiary/aromatic N) is 2. The third-order valence-electron chi connectivity index (χ3n) is 5.70. The van der Waals surface area contributed by atoms with Gasteiger partial charge in [-0.25, -0.2) is 4.98 Å². The van der Waals surface area contributed by atoms with Gasteiger partial charge >= 0.3 is 0 Å². The summed E-state index contributed by atoms with van der Waals surface area (Å²) in [7, 11) is 0. The van der Waals surface area contributed by atoms with Crippen molar-refractivity contribution in [1.29, 1.82) is 0 Å². The van der Waals surface area contributed by atoms with E-state index in [0.717, 1.165) is 21.3 Å². The van der Waals surface area contributed by atoms with Crippen molar-refractivity contribution in [3.8, 4) is 0 Å². The molecule has 0 fully saturated rings. The minimum absolute atomic E-state index is 0.0593. The highest BCUT2D eigenvalue weighted by atomic mass is 35.5. The summed E-state index contributed by atoms with van der Waals surface area (Å²) in [6, 6.07) is 19.4. The smallest absolute Gasteiger partial charge is 0.297 e. The van der Waals surface area contributed by atoms with Gasteiger partial charge in [0.2, 0.25) is 5.76 Å². The number of halogens is 1. The summed E-state index contributed by atoms with van der Waals surface area (Å²) in [5.41, 5.74) is 3.18. The number of thiazole rings is 1. The van der Waals surface area contributed by atoms with E-state index in [1.165, 1.54) is 11.3 Å². The summed E-state index contributed by atoms with van der Waals surface area (Å²) in [6.45, 7) is 2.01. The lowest BCUT2D eigenvalue weighted by molar-refractivity contribution is 0.0971. The number of anilines is 1. The number of carbonyl (C=O) groups excluding carboxylic acids is 1. The fourth-order valence-corrected chi connectivity index (χ4v) is 5.42. The summed E-state index contributed by atoms with van der Waals surface area (Å²) in [5, 5.41) is 1.54. The van der Waals surface area contributed by atoms with Crippen LogP contribution in [0.4, 0.5) is 5.13 Å². The first-order valence-electron chi connectivity index (χ1n) is 10.0. The van der Waals surface area contributed by atoms with Gasteiger partial charge in [-0.1, -0.05) is 53.3 Å². The Morgan fingerprint density at radius 2 is 1.81 bits per heavy atom. The number of hydrogen-bond acceptors (Lipinski definition) is 5. The summed E-state index contributed by atoms with van der Waals surface area (Å²) < 4.78 is 6.95. The van der Waals surface area contributed by atoms with Crippen LogP contribution in [0, 0.1) is 6.92 Å². The lowest BCUT2D eigenvalue weighted by atomic mass is 9.99. The van der Waals surface area contributed by atoms with Gasteiger partial charge in [-0.05, 0) is 54.4 Å². The monoisotopic (exact) mass is 458 g/mol. The molecule has 0 aliphatic carbocycles. The molecule has 0 spiro atoms. The largest absolute Gasteiger partial charge is 0.450 e. The first-order valence-corrected chi connectivity index (χ1v) is 11.2. The van der Waals surface area contributed by atoms with Crippen molar-refractivity contribution in [3.05, 3.63) is 104 Å². The van der Waals surface area contributed by atoms with Gasteiger partial charge in [0.05, 0.1) is 27.2 Å². The molecule has 5 aromatic rings. The molecule has 1 amide bonds. The predicted molar refractivity (Wildman–Crippen MR) is 127 cm³/mol. The molecule has 156 valence electrons. The van der Waals surface area contributed by atoms with Gasteiger partial charge in [0.25, 0.3) is 5.91 Å². The lowest BCUT2D eigenvalue weighted by Crippen LogP contribution is -2.29. The Kier molecular flexibility index (Phi) is 4.22. The van der Waals surface area contributed by atoms with Gasteiger partial charge in [-0.2, -0.15) is 0 Å². The Morgan fingerprint density at radius 1 is 1.03 bits per heavy atom. The molecule has 0 radical (unpaired) electrons. The zero-order chi connectivity index (χ0) is 22.0. The average molecular weight is 459 g/mol. The number of aryl methyl sites for hydroxylation is 1. The first kappa shape index (κ1) is 19.2. The van der Waals surface area contributed by atoms with Crippen molar-refractivity contribution in [2.45, 2.75) is 13.0 Å². The molecule has 0 N–H and O–H groups in total. The van der Waals surface area contributed by atoms with Gasteiger partial charge in [-0.3, -0.25) is 14.5 Å². The maximum Gasteiger partial charge on any atom is 0.297 e. The summed E-state index contributed by atoms with van der Waals surface area (Å²) in [4.78, 5) is 33.4. The molecule has 3 aromatic carbocycles. The van der Waals surface area contributed by atoms with Crippen molar-refractivity contribution in [2.75, 3.05) is 4.90 Å². The van der Waals surface area contributed by atoms with Crippen LogP contribution in [0.25, 0.3) is 21.2 Å². The predicted octanol–water partition coefficient (Wildman–Crippen LogP) is 6.11. The van der Waals surface area contributed by atoms with E-state index in [1.807, 2.05) is 37.3 Å². The van der Waals surface area contributed by atoms with E-state index in [4.69, 9.17) is 21.0 Å². The quantitative estimate of drug-likeness (QED) is 0.320. The highest BCUT2D eigenvalue weighted by Gasteiger charge is 2.44. The van der Waals surface area contributed by atoms with Crippen molar-refractivity contribution in [3.63, 3.8) is 0 Å². The molecular weight excluding hydrogens is 444 g/mol. The third kappa shape index (κ3) is 2.80. The van der Waals surface area contributed by atoms with Gasteiger partial charge in [0.1, 0.15) is 5.58 Å². The zero-order valence-electron chi connectivity index (χ0n) is 16.8. The molecule has 7 heteroatoms. The van der Waals surface area contributed by atoms with Crippen LogP contribution < -0.4 is 10.3 Å². The molecule has 3 heterocycles. The second-order valence-corrected chi connectivity index (χ2v) is 9.21. The molecule has 0 saturated carbocycles. The standard InChI is InChI=1S/C25H15ClN2O3S/c1-13-6-11-17-19(12-13)32-25(27-17)28-21(14-7-9-15(26)10-8-14)20-22(29)16-4-2-3-5-18(16)31-23(20)24(28)30/h2-12,21H,1H3/t21-/m0/s1.